The first-order chi connectivity index (χ1) is 13.0. The number of carbonyl (C=O) groups excluding carboxylic acids is 1. The molecule has 1 aromatic heterocycles. The van der Waals surface area contributed by atoms with E-state index >= 15 is 0 Å². The molecule has 7 nitrogen and oxygen atoms in total. The maximum atomic E-state index is 12.1. The molecule has 1 N–H and O–H groups in total. The van der Waals surface area contributed by atoms with Crippen molar-refractivity contribution in [2.75, 3.05) is 0 Å². The number of hydrogen-bond acceptors (Lipinski definition) is 5. The van der Waals surface area contributed by atoms with Crippen molar-refractivity contribution >= 4 is 45.3 Å². The zero-order chi connectivity index (χ0) is 19.4. The SMILES string of the molecule is O=C(N/N=C\c1ccc(-c2ccc(Cl)c([N+](=O)[O-])c2)o1)c1ccccc1Br. The minimum Gasteiger partial charge on any atom is -0.455 e. The normalized spacial score (nSPS) is 10.9. The Morgan fingerprint density at radius 3 is 2.74 bits per heavy atom. The number of nitrogens with zero attached hydrogens (tertiary/aromatic N) is 2. The molecule has 3 rings (SSSR count). The van der Waals surface area contributed by atoms with Crippen molar-refractivity contribution in [2.24, 2.45) is 5.10 Å². The largest absolute Gasteiger partial charge is 0.455 e. The second-order valence-electron chi connectivity index (χ2n) is 5.30. The first kappa shape index (κ1) is 18.8. The summed E-state index contributed by atoms with van der Waals surface area (Å²) in [4.78, 5) is 22.5. The maximum absolute atomic E-state index is 12.1. The number of carbonyl (C=O) groups is 1. The first-order valence-corrected chi connectivity index (χ1v) is 8.75. The smallest absolute Gasteiger partial charge is 0.288 e. The summed E-state index contributed by atoms with van der Waals surface area (Å²) in [6.07, 6.45) is 1.34. The van der Waals surface area contributed by atoms with Crippen LogP contribution in [-0.2, 0) is 0 Å². The molecule has 1 heterocycles. The van der Waals surface area contributed by atoms with Gasteiger partial charge < -0.3 is 4.42 Å². The lowest BCUT2D eigenvalue weighted by Crippen LogP contribution is -2.17. The van der Waals surface area contributed by atoms with E-state index in [2.05, 4.69) is 26.5 Å². The molecular formula is C18H11BrClN3O4. The summed E-state index contributed by atoms with van der Waals surface area (Å²) in [6, 6.07) is 14.6. The molecule has 9 heteroatoms. The van der Waals surface area contributed by atoms with Crippen LogP contribution in [0.5, 0.6) is 0 Å². The van der Waals surface area contributed by atoms with Gasteiger partial charge in [0.1, 0.15) is 16.5 Å². The lowest BCUT2D eigenvalue weighted by atomic mass is 10.1. The van der Waals surface area contributed by atoms with Gasteiger partial charge in [0.2, 0.25) is 0 Å². The summed E-state index contributed by atoms with van der Waals surface area (Å²) in [5.41, 5.74) is 3.15. The molecule has 3 aromatic rings. The van der Waals surface area contributed by atoms with E-state index in [1.807, 2.05) is 0 Å². The average Bonchev–Trinajstić information content (AvgIpc) is 3.11. The third kappa shape index (κ3) is 4.42. The fraction of sp³-hybridized carbons (Fsp3) is 0. The minimum atomic E-state index is -0.561. The molecule has 27 heavy (non-hydrogen) atoms. The summed E-state index contributed by atoms with van der Waals surface area (Å²) < 4.78 is 6.23. The number of hydrogen-bond donors (Lipinski definition) is 1. The molecule has 0 saturated heterocycles. The molecule has 0 bridgehead atoms. The van der Waals surface area contributed by atoms with Crippen molar-refractivity contribution in [3.8, 4) is 11.3 Å². The monoisotopic (exact) mass is 447 g/mol. The van der Waals surface area contributed by atoms with Crippen LogP contribution in [0.3, 0.4) is 0 Å². The van der Waals surface area contributed by atoms with Gasteiger partial charge in [-0.2, -0.15) is 5.10 Å². The Balaban J connectivity index is 1.72. The van der Waals surface area contributed by atoms with Crippen LogP contribution in [0, 0.1) is 10.1 Å². The van der Waals surface area contributed by atoms with E-state index in [4.69, 9.17) is 16.0 Å². The zero-order valence-corrected chi connectivity index (χ0v) is 15.9. The Hall–Kier alpha value is -2.97. The summed E-state index contributed by atoms with van der Waals surface area (Å²) in [5.74, 6) is 0.405. The van der Waals surface area contributed by atoms with E-state index in [0.717, 1.165) is 0 Å². The number of nitro groups is 1. The number of rotatable bonds is 5. The Morgan fingerprint density at radius 2 is 2.00 bits per heavy atom. The number of amides is 1. The molecule has 0 radical (unpaired) electrons. The molecule has 0 atom stereocenters. The van der Waals surface area contributed by atoms with E-state index in [-0.39, 0.29) is 16.6 Å². The highest BCUT2D eigenvalue weighted by Crippen LogP contribution is 2.31. The zero-order valence-electron chi connectivity index (χ0n) is 13.6. The number of hydrazone groups is 1. The number of halogens is 2. The van der Waals surface area contributed by atoms with Crippen LogP contribution in [-0.4, -0.2) is 17.0 Å². The van der Waals surface area contributed by atoms with Gasteiger partial charge in [0.25, 0.3) is 11.6 Å². The molecule has 0 aliphatic rings. The summed E-state index contributed by atoms with van der Waals surface area (Å²) in [6.45, 7) is 0. The second-order valence-corrected chi connectivity index (χ2v) is 6.57. The van der Waals surface area contributed by atoms with E-state index in [1.165, 1.54) is 18.3 Å². The molecule has 1 amide bonds. The standard InChI is InChI=1S/C18H11BrClN3O4/c19-14-4-2-1-3-13(14)18(24)22-21-10-12-6-8-17(27-12)11-5-7-15(20)16(9-11)23(25)26/h1-10H,(H,22,24)/b21-10-. The molecule has 2 aromatic carbocycles. The fourth-order valence-corrected chi connectivity index (χ4v) is 2.89. The predicted molar refractivity (Wildman–Crippen MR) is 105 cm³/mol. The van der Waals surface area contributed by atoms with Crippen LogP contribution in [0.15, 0.2) is 68.6 Å². The van der Waals surface area contributed by atoms with Crippen molar-refractivity contribution in [2.45, 2.75) is 0 Å². The van der Waals surface area contributed by atoms with Gasteiger partial charge >= 0.3 is 0 Å². The summed E-state index contributed by atoms with van der Waals surface area (Å²) in [7, 11) is 0. The lowest BCUT2D eigenvalue weighted by molar-refractivity contribution is -0.384. The third-order valence-corrected chi connectivity index (χ3v) is 4.54. The Bertz CT molecular complexity index is 1050. The molecule has 0 unspecified atom stereocenters. The highest BCUT2D eigenvalue weighted by molar-refractivity contribution is 9.10. The van der Waals surface area contributed by atoms with E-state index in [0.29, 0.717) is 27.1 Å². The molecule has 0 aliphatic heterocycles. The minimum absolute atomic E-state index is 0.0480. The van der Waals surface area contributed by atoms with Crippen LogP contribution in [0.2, 0.25) is 5.02 Å². The Kier molecular flexibility index (Phi) is 5.68. The van der Waals surface area contributed by atoms with Crippen molar-refractivity contribution in [3.05, 3.63) is 85.5 Å². The van der Waals surface area contributed by atoms with Crippen molar-refractivity contribution < 1.29 is 14.1 Å². The van der Waals surface area contributed by atoms with Crippen LogP contribution in [0.25, 0.3) is 11.3 Å². The first-order valence-electron chi connectivity index (χ1n) is 7.58. The quantitative estimate of drug-likeness (QED) is 0.336. The van der Waals surface area contributed by atoms with Crippen molar-refractivity contribution in [3.63, 3.8) is 0 Å². The van der Waals surface area contributed by atoms with Gasteiger partial charge in [0.05, 0.1) is 16.7 Å². The van der Waals surface area contributed by atoms with E-state index < -0.39 is 4.92 Å². The topological polar surface area (TPSA) is 97.7 Å². The maximum Gasteiger partial charge on any atom is 0.288 e. The predicted octanol–water partition coefficient (Wildman–Crippen LogP) is 5.03. The molecule has 0 fully saturated rings. The van der Waals surface area contributed by atoms with Crippen LogP contribution < -0.4 is 5.43 Å². The van der Waals surface area contributed by atoms with E-state index in [9.17, 15) is 14.9 Å². The lowest BCUT2D eigenvalue weighted by Gasteiger charge is -2.01. The number of benzene rings is 2. The molecule has 0 spiro atoms. The average molecular weight is 449 g/mol. The highest BCUT2D eigenvalue weighted by atomic mass is 79.9. The molecule has 136 valence electrons. The van der Waals surface area contributed by atoms with Gasteiger partial charge in [0.15, 0.2) is 0 Å². The van der Waals surface area contributed by atoms with Gasteiger partial charge in [0, 0.05) is 16.1 Å². The number of nitrogens with one attached hydrogen (secondary N) is 1. The van der Waals surface area contributed by atoms with Crippen LogP contribution in [0.4, 0.5) is 5.69 Å². The van der Waals surface area contributed by atoms with Crippen molar-refractivity contribution in [1.82, 2.24) is 5.43 Å². The van der Waals surface area contributed by atoms with Crippen LogP contribution >= 0.6 is 27.5 Å². The van der Waals surface area contributed by atoms with Gasteiger partial charge in [-0.25, -0.2) is 5.43 Å². The van der Waals surface area contributed by atoms with Gasteiger partial charge in [-0.15, -0.1) is 0 Å². The molecular weight excluding hydrogens is 438 g/mol. The van der Waals surface area contributed by atoms with Crippen LogP contribution in [0.1, 0.15) is 16.1 Å². The third-order valence-electron chi connectivity index (χ3n) is 3.53. The van der Waals surface area contributed by atoms with Gasteiger partial charge in [-0.1, -0.05) is 23.7 Å². The van der Waals surface area contributed by atoms with Gasteiger partial charge in [-0.05, 0) is 52.3 Å². The Labute approximate surface area is 166 Å². The Morgan fingerprint density at radius 1 is 1.22 bits per heavy atom. The van der Waals surface area contributed by atoms with Crippen molar-refractivity contribution in [1.29, 1.82) is 0 Å². The number of nitro benzene ring substituents is 1. The molecule has 0 aliphatic carbocycles. The van der Waals surface area contributed by atoms with E-state index in [1.54, 1.807) is 42.5 Å². The summed E-state index contributed by atoms with van der Waals surface area (Å²) >= 11 is 9.10. The summed E-state index contributed by atoms with van der Waals surface area (Å²) in [5, 5.41) is 14.9. The molecule has 0 saturated carbocycles. The second kappa shape index (κ2) is 8.15. The van der Waals surface area contributed by atoms with Gasteiger partial charge in [-0.3, -0.25) is 14.9 Å². The highest BCUT2D eigenvalue weighted by Gasteiger charge is 2.15. The fourth-order valence-electron chi connectivity index (χ4n) is 2.24. The number of furan rings is 1.